The van der Waals surface area contributed by atoms with Crippen molar-refractivity contribution in [1.82, 2.24) is 0 Å². The second-order valence-electron chi connectivity index (χ2n) is 4.00. The maximum atomic E-state index is 9.37. The van der Waals surface area contributed by atoms with Crippen molar-refractivity contribution < 1.29 is 8.83 Å². The maximum absolute atomic E-state index is 9.37. The van der Waals surface area contributed by atoms with E-state index in [1.807, 2.05) is 30.3 Å². The van der Waals surface area contributed by atoms with Crippen LogP contribution < -0.4 is 5.73 Å². The van der Waals surface area contributed by atoms with E-state index >= 15 is 0 Å². The second kappa shape index (κ2) is 4.39. The Bertz CT molecular complexity index is 735. The highest BCUT2D eigenvalue weighted by Gasteiger charge is 2.22. The Hall–Kier alpha value is -2.93. The molecule has 2 heterocycles. The molecule has 4 heteroatoms. The van der Waals surface area contributed by atoms with Gasteiger partial charge in [-0.05, 0) is 12.1 Å². The Balaban J connectivity index is 2.25. The molecular weight excluding hydrogens is 240 g/mol. The van der Waals surface area contributed by atoms with Crippen molar-refractivity contribution in [1.29, 1.82) is 5.26 Å². The zero-order valence-electron chi connectivity index (χ0n) is 9.96. The molecule has 92 valence electrons. The first-order chi connectivity index (χ1) is 9.31. The van der Waals surface area contributed by atoms with E-state index in [-0.39, 0.29) is 5.88 Å². The SMILES string of the molecule is N#Cc1c(-c2ccccc2)oc(N)c1-c1ccco1. The van der Waals surface area contributed by atoms with Crippen molar-refractivity contribution in [3.05, 3.63) is 54.3 Å². The van der Waals surface area contributed by atoms with Crippen LogP contribution in [0.4, 0.5) is 5.88 Å². The number of nitriles is 1. The molecule has 0 unspecified atom stereocenters. The van der Waals surface area contributed by atoms with Crippen molar-refractivity contribution in [3.63, 3.8) is 0 Å². The Morgan fingerprint density at radius 3 is 2.47 bits per heavy atom. The van der Waals surface area contributed by atoms with Crippen LogP contribution in [0.1, 0.15) is 5.56 Å². The molecule has 2 N–H and O–H groups in total. The first kappa shape index (κ1) is 11.2. The summed E-state index contributed by atoms with van der Waals surface area (Å²) in [6.45, 7) is 0. The van der Waals surface area contributed by atoms with Crippen LogP contribution in [0.2, 0.25) is 0 Å². The molecule has 0 aliphatic carbocycles. The first-order valence-corrected chi connectivity index (χ1v) is 5.73. The molecule has 4 nitrogen and oxygen atoms in total. The normalized spacial score (nSPS) is 10.3. The summed E-state index contributed by atoms with van der Waals surface area (Å²) >= 11 is 0. The molecule has 0 fully saturated rings. The van der Waals surface area contributed by atoms with Crippen molar-refractivity contribution in [2.45, 2.75) is 0 Å². The molecule has 0 spiro atoms. The Kier molecular flexibility index (Phi) is 2.58. The molecule has 3 rings (SSSR count). The molecule has 0 aliphatic rings. The third-order valence-corrected chi connectivity index (χ3v) is 2.85. The van der Waals surface area contributed by atoms with Gasteiger partial charge in [0.15, 0.2) is 5.76 Å². The predicted molar refractivity (Wildman–Crippen MR) is 71.0 cm³/mol. The smallest absolute Gasteiger partial charge is 0.203 e. The van der Waals surface area contributed by atoms with E-state index in [9.17, 15) is 5.26 Å². The van der Waals surface area contributed by atoms with E-state index in [2.05, 4.69) is 6.07 Å². The van der Waals surface area contributed by atoms with Gasteiger partial charge in [0.1, 0.15) is 17.4 Å². The number of nitrogens with zero attached hydrogens (tertiary/aromatic N) is 1. The lowest BCUT2D eigenvalue weighted by atomic mass is 10.0. The van der Waals surface area contributed by atoms with E-state index < -0.39 is 0 Å². The van der Waals surface area contributed by atoms with Crippen LogP contribution in [0.15, 0.2) is 57.6 Å². The largest absolute Gasteiger partial charge is 0.464 e. The summed E-state index contributed by atoms with van der Waals surface area (Å²) in [7, 11) is 0. The van der Waals surface area contributed by atoms with Crippen LogP contribution in [0.25, 0.3) is 22.6 Å². The molecule has 0 saturated carbocycles. The minimum absolute atomic E-state index is 0.186. The number of hydrogen-bond acceptors (Lipinski definition) is 4. The average Bonchev–Trinajstić information content (AvgIpc) is 3.06. The fourth-order valence-corrected chi connectivity index (χ4v) is 2.01. The van der Waals surface area contributed by atoms with E-state index in [1.54, 1.807) is 12.1 Å². The minimum atomic E-state index is 0.186. The summed E-state index contributed by atoms with van der Waals surface area (Å²) in [6, 6.07) is 15.0. The second-order valence-corrected chi connectivity index (χ2v) is 4.00. The van der Waals surface area contributed by atoms with Crippen LogP contribution in [-0.4, -0.2) is 0 Å². The topological polar surface area (TPSA) is 76.1 Å². The van der Waals surface area contributed by atoms with Gasteiger partial charge < -0.3 is 14.6 Å². The number of rotatable bonds is 2. The summed E-state index contributed by atoms with van der Waals surface area (Å²) < 4.78 is 10.8. The fourth-order valence-electron chi connectivity index (χ4n) is 2.01. The molecule has 1 aromatic carbocycles. The van der Waals surface area contributed by atoms with Gasteiger partial charge >= 0.3 is 0 Å². The van der Waals surface area contributed by atoms with Gasteiger partial charge in [-0.25, -0.2) is 0 Å². The molecule has 3 aromatic rings. The third kappa shape index (κ3) is 1.78. The molecular formula is C15H10N2O2. The molecule has 0 saturated heterocycles. The summed E-state index contributed by atoms with van der Waals surface area (Å²) in [5.74, 6) is 1.18. The lowest BCUT2D eigenvalue weighted by Crippen LogP contribution is -1.85. The third-order valence-electron chi connectivity index (χ3n) is 2.85. The van der Waals surface area contributed by atoms with Gasteiger partial charge in [0.25, 0.3) is 0 Å². The van der Waals surface area contributed by atoms with Gasteiger partial charge in [-0.15, -0.1) is 0 Å². The van der Waals surface area contributed by atoms with Crippen molar-refractivity contribution in [3.8, 4) is 28.7 Å². The first-order valence-electron chi connectivity index (χ1n) is 5.73. The van der Waals surface area contributed by atoms with Crippen LogP contribution in [0.5, 0.6) is 0 Å². The summed E-state index contributed by atoms with van der Waals surface area (Å²) in [4.78, 5) is 0. The minimum Gasteiger partial charge on any atom is -0.464 e. The molecule has 0 atom stereocenters. The number of furan rings is 2. The number of hydrogen-bond donors (Lipinski definition) is 1. The van der Waals surface area contributed by atoms with E-state index in [1.165, 1.54) is 6.26 Å². The van der Waals surface area contributed by atoms with E-state index in [4.69, 9.17) is 14.6 Å². The van der Waals surface area contributed by atoms with Crippen LogP contribution >= 0.6 is 0 Å². The highest BCUT2D eigenvalue weighted by molar-refractivity contribution is 5.84. The molecule has 2 aromatic heterocycles. The monoisotopic (exact) mass is 250 g/mol. The van der Waals surface area contributed by atoms with E-state index in [0.717, 1.165) is 5.56 Å². The lowest BCUT2D eigenvalue weighted by molar-refractivity contribution is 0.577. The predicted octanol–water partition coefficient (Wildman–Crippen LogP) is 3.66. The summed E-state index contributed by atoms with van der Waals surface area (Å²) in [6.07, 6.45) is 1.53. The van der Waals surface area contributed by atoms with Crippen LogP contribution in [0, 0.1) is 11.3 Å². The highest BCUT2D eigenvalue weighted by Crippen LogP contribution is 2.39. The van der Waals surface area contributed by atoms with Crippen LogP contribution in [0.3, 0.4) is 0 Å². The zero-order valence-corrected chi connectivity index (χ0v) is 9.96. The number of nitrogens with two attached hydrogens (primary N) is 1. The molecule has 19 heavy (non-hydrogen) atoms. The maximum Gasteiger partial charge on any atom is 0.203 e. The van der Waals surface area contributed by atoms with Gasteiger partial charge in [-0.2, -0.15) is 5.26 Å². The number of anilines is 1. The summed E-state index contributed by atoms with van der Waals surface area (Å²) in [5, 5.41) is 9.37. The van der Waals surface area contributed by atoms with Gasteiger partial charge in [0, 0.05) is 5.56 Å². The van der Waals surface area contributed by atoms with Gasteiger partial charge in [0.05, 0.1) is 11.8 Å². The van der Waals surface area contributed by atoms with Crippen molar-refractivity contribution in [2.75, 3.05) is 5.73 Å². The Morgan fingerprint density at radius 2 is 1.84 bits per heavy atom. The zero-order chi connectivity index (χ0) is 13.2. The Labute approximate surface area is 109 Å². The van der Waals surface area contributed by atoms with Crippen molar-refractivity contribution in [2.24, 2.45) is 0 Å². The van der Waals surface area contributed by atoms with E-state index in [0.29, 0.717) is 22.6 Å². The molecule has 0 bridgehead atoms. The number of benzene rings is 1. The lowest BCUT2D eigenvalue weighted by Gasteiger charge is -1.96. The fraction of sp³-hybridized carbons (Fsp3) is 0. The van der Waals surface area contributed by atoms with Crippen molar-refractivity contribution >= 4 is 5.88 Å². The van der Waals surface area contributed by atoms with Gasteiger partial charge in [-0.1, -0.05) is 30.3 Å². The summed E-state index contributed by atoms with van der Waals surface area (Å²) in [5.41, 5.74) is 7.57. The van der Waals surface area contributed by atoms with Crippen LogP contribution in [-0.2, 0) is 0 Å². The van der Waals surface area contributed by atoms with Gasteiger partial charge in [-0.3, -0.25) is 0 Å². The Morgan fingerprint density at radius 1 is 1.05 bits per heavy atom. The standard InChI is InChI=1S/C15H10N2O2/c16-9-11-13(12-7-4-8-18-12)15(17)19-14(11)10-5-2-1-3-6-10/h1-8H,17H2. The quantitative estimate of drug-likeness (QED) is 0.752. The molecule has 0 amide bonds. The molecule has 0 radical (unpaired) electrons. The highest BCUT2D eigenvalue weighted by atomic mass is 16.4. The van der Waals surface area contributed by atoms with Gasteiger partial charge in [0.2, 0.25) is 5.88 Å². The average molecular weight is 250 g/mol. The number of nitrogen functional groups attached to an aromatic ring is 1. The molecule has 0 aliphatic heterocycles.